The number of thiazole rings is 1. The molecule has 26 heavy (non-hydrogen) atoms. The van der Waals surface area contributed by atoms with Crippen molar-refractivity contribution in [2.45, 2.75) is 26.0 Å². The summed E-state index contributed by atoms with van der Waals surface area (Å²) in [7, 11) is 0. The number of para-hydroxylation sites is 1. The van der Waals surface area contributed by atoms with Crippen molar-refractivity contribution in [1.29, 1.82) is 0 Å². The molecular formula is C20H22N2O3S. The summed E-state index contributed by atoms with van der Waals surface area (Å²) >= 11 is 1.61. The molecule has 1 atom stereocenters. The third-order valence-corrected chi connectivity index (χ3v) is 5.76. The van der Waals surface area contributed by atoms with Crippen LogP contribution in [-0.2, 0) is 6.54 Å². The minimum atomic E-state index is -0.349. The van der Waals surface area contributed by atoms with Gasteiger partial charge in [-0.1, -0.05) is 19.1 Å². The Morgan fingerprint density at radius 3 is 2.96 bits per heavy atom. The van der Waals surface area contributed by atoms with Gasteiger partial charge in [-0.2, -0.15) is 0 Å². The van der Waals surface area contributed by atoms with Crippen LogP contribution in [0, 0.1) is 0 Å². The van der Waals surface area contributed by atoms with Gasteiger partial charge in [0.1, 0.15) is 11.6 Å². The van der Waals surface area contributed by atoms with Crippen LogP contribution >= 0.6 is 11.3 Å². The molecule has 0 unspecified atom stereocenters. The van der Waals surface area contributed by atoms with Gasteiger partial charge in [0.2, 0.25) is 0 Å². The highest BCUT2D eigenvalue weighted by atomic mass is 32.1. The van der Waals surface area contributed by atoms with E-state index in [9.17, 15) is 10.2 Å². The Hall–Kier alpha value is -2.15. The maximum atomic E-state index is 10.5. The standard InChI is InChI=1S/C20H22N2O3S/c1-2-15(23)12-22-7-8-25-19-14(11-22)9-13(10-17(19)24)20-21-16-5-3-4-6-18(16)26-20/h3-6,9-10,15,23-24H,2,7-8,11-12H2,1H3/t15-/m0/s1. The van der Waals surface area contributed by atoms with E-state index in [4.69, 9.17) is 9.72 Å². The molecule has 1 aromatic heterocycles. The fourth-order valence-corrected chi connectivity index (χ4v) is 4.21. The monoisotopic (exact) mass is 370 g/mol. The molecule has 2 heterocycles. The summed E-state index contributed by atoms with van der Waals surface area (Å²) < 4.78 is 6.91. The molecule has 0 radical (unpaired) electrons. The molecule has 0 amide bonds. The number of ether oxygens (including phenoxy) is 1. The second-order valence-corrected chi connectivity index (χ2v) is 7.65. The lowest BCUT2D eigenvalue weighted by molar-refractivity contribution is 0.101. The second kappa shape index (κ2) is 7.23. The number of rotatable bonds is 4. The van der Waals surface area contributed by atoms with Crippen LogP contribution in [0.5, 0.6) is 11.5 Å². The minimum Gasteiger partial charge on any atom is -0.504 e. The summed E-state index contributed by atoms with van der Waals surface area (Å²) in [6.45, 7) is 4.44. The van der Waals surface area contributed by atoms with Gasteiger partial charge in [-0.25, -0.2) is 4.98 Å². The van der Waals surface area contributed by atoms with Crippen LogP contribution in [0.25, 0.3) is 20.8 Å². The molecule has 0 aliphatic carbocycles. The number of aromatic nitrogens is 1. The van der Waals surface area contributed by atoms with Crippen LogP contribution in [0.4, 0.5) is 0 Å². The summed E-state index contributed by atoms with van der Waals surface area (Å²) in [6.07, 6.45) is 0.374. The number of β-amino-alcohol motifs (C(OH)–C–C–N with tert-alkyl or cyclic N) is 1. The van der Waals surface area contributed by atoms with E-state index in [0.29, 0.717) is 25.4 Å². The van der Waals surface area contributed by atoms with E-state index in [1.54, 1.807) is 17.4 Å². The first-order valence-corrected chi connectivity index (χ1v) is 9.70. The summed E-state index contributed by atoms with van der Waals surface area (Å²) in [6, 6.07) is 11.8. The summed E-state index contributed by atoms with van der Waals surface area (Å²) in [4.78, 5) is 6.86. The van der Waals surface area contributed by atoms with Crippen LogP contribution in [-0.4, -0.2) is 45.9 Å². The summed E-state index contributed by atoms with van der Waals surface area (Å²) in [5.41, 5.74) is 2.79. The van der Waals surface area contributed by atoms with E-state index in [2.05, 4.69) is 11.0 Å². The van der Waals surface area contributed by atoms with Gasteiger partial charge < -0.3 is 14.9 Å². The molecular weight excluding hydrogens is 348 g/mol. The molecule has 4 rings (SSSR count). The van der Waals surface area contributed by atoms with Crippen LogP contribution in [0.2, 0.25) is 0 Å². The average molecular weight is 370 g/mol. The Morgan fingerprint density at radius 2 is 2.15 bits per heavy atom. The van der Waals surface area contributed by atoms with Gasteiger partial charge in [0.15, 0.2) is 11.5 Å². The molecule has 2 N–H and O–H groups in total. The maximum absolute atomic E-state index is 10.5. The number of fused-ring (bicyclic) bond motifs is 2. The first-order chi connectivity index (χ1) is 12.6. The lowest BCUT2D eigenvalue weighted by Crippen LogP contribution is -2.33. The SMILES string of the molecule is CC[C@H](O)CN1CCOc2c(O)cc(-c3nc4ccccc4s3)cc2C1. The second-order valence-electron chi connectivity index (χ2n) is 6.62. The molecule has 0 saturated heterocycles. The Bertz CT molecular complexity index is 892. The Kier molecular flexibility index (Phi) is 4.80. The molecule has 0 saturated carbocycles. The normalized spacial score (nSPS) is 16.1. The lowest BCUT2D eigenvalue weighted by Gasteiger charge is -2.22. The first-order valence-electron chi connectivity index (χ1n) is 8.89. The largest absolute Gasteiger partial charge is 0.504 e. The number of hydrogen-bond acceptors (Lipinski definition) is 6. The number of aromatic hydroxyl groups is 1. The zero-order chi connectivity index (χ0) is 18.1. The van der Waals surface area contributed by atoms with E-state index in [-0.39, 0.29) is 11.9 Å². The van der Waals surface area contributed by atoms with Crippen molar-refractivity contribution in [2.75, 3.05) is 19.7 Å². The van der Waals surface area contributed by atoms with Gasteiger partial charge >= 0.3 is 0 Å². The fraction of sp³-hybridized carbons (Fsp3) is 0.350. The third-order valence-electron chi connectivity index (χ3n) is 4.68. The Balaban J connectivity index is 1.69. The van der Waals surface area contributed by atoms with E-state index < -0.39 is 0 Å². The number of phenols is 1. The maximum Gasteiger partial charge on any atom is 0.165 e. The Morgan fingerprint density at radius 1 is 1.31 bits per heavy atom. The quantitative estimate of drug-likeness (QED) is 0.734. The van der Waals surface area contributed by atoms with Crippen molar-refractivity contribution in [3.8, 4) is 22.1 Å². The minimum absolute atomic E-state index is 0.148. The number of nitrogens with zero attached hydrogens (tertiary/aromatic N) is 2. The van der Waals surface area contributed by atoms with Crippen molar-refractivity contribution in [1.82, 2.24) is 9.88 Å². The molecule has 3 aromatic rings. The van der Waals surface area contributed by atoms with Gasteiger partial charge in [0.25, 0.3) is 0 Å². The topological polar surface area (TPSA) is 65.8 Å². The molecule has 2 aromatic carbocycles. The highest BCUT2D eigenvalue weighted by molar-refractivity contribution is 7.21. The number of benzene rings is 2. The van der Waals surface area contributed by atoms with Crippen molar-refractivity contribution in [3.05, 3.63) is 42.0 Å². The van der Waals surface area contributed by atoms with Crippen LogP contribution in [0.1, 0.15) is 18.9 Å². The van der Waals surface area contributed by atoms with Crippen molar-refractivity contribution >= 4 is 21.6 Å². The van der Waals surface area contributed by atoms with E-state index in [1.807, 2.05) is 31.2 Å². The molecule has 1 aliphatic heterocycles. The first kappa shape index (κ1) is 17.3. The highest BCUT2D eigenvalue weighted by Gasteiger charge is 2.21. The average Bonchev–Trinajstić information content (AvgIpc) is 2.97. The molecule has 0 fully saturated rings. The molecule has 0 spiro atoms. The molecule has 1 aliphatic rings. The molecule has 5 nitrogen and oxygen atoms in total. The van der Waals surface area contributed by atoms with Crippen molar-refractivity contribution in [3.63, 3.8) is 0 Å². The summed E-state index contributed by atoms with van der Waals surface area (Å²) in [5.74, 6) is 0.693. The number of aliphatic hydroxyl groups is 1. The van der Waals surface area contributed by atoms with Gasteiger partial charge in [-0.3, -0.25) is 4.90 Å². The van der Waals surface area contributed by atoms with E-state index in [0.717, 1.165) is 39.3 Å². The van der Waals surface area contributed by atoms with Gasteiger partial charge in [-0.15, -0.1) is 11.3 Å². The number of hydrogen-bond donors (Lipinski definition) is 2. The van der Waals surface area contributed by atoms with Crippen molar-refractivity contribution < 1.29 is 14.9 Å². The number of phenolic OH excluding ortho intramolecular Hbond substituents is 1. The van der Waals surface area contributed by atoms with Crippen LogP contribution in [0.15, 0.2) is 36.4 Å². The molecule has 0 bridgehead atoms. The van der Waals surface area contributed by atoms with Gasteiger partial charge in [0.05, 0.1) is 16.3 Å². The van der Waals surface area contributed by atoms with Crippen LogP contribution in [0.3, 0.4) is 0 Å². The zero-order valence-electron chi connectivity index (χ0n) is 14.7. The van der Waals surface area contributed by atoms with Gasteiger partial charge in [0, 0.05) is 30.8 Å². The highest BCUT2D eigenvalue weighted by Crippen LogP contribution is 2.39. The fourth-order valence-electron chi connectivity index (χ4n) is 3.26. The Labute approximate surface area is 156 Å². The smallest absolute Gasteiger partial charge is 0.165 e. The lowest BCUT2D eigenvalue weighted by atomic mass is 10.1. The zero-order valence-corrected chi connectivity index (χ0v) is 15.5. The van der Waals surface area contributed by atoms with E-state index >= 15 is 0 Å². The molecule has 136 valence electrons. The predicted molar refractivity (Wildman–Crippen MR) is 104 cm³/mol. The predicted octanol–water partition coefficient (Wildman–Crippen LogP) is 3.63. The van der Waals surface area contributed by atoms with Crippen molar-refractivity contribution in [2.24, 2.45) is 0 Å². The molecule has 6 heteroatoms. The number of aliphatic hydroxyl groups excluding tert-OH is 1. The van der Waals surface area contributed by atoms with Crippen LogP contribution < -0.4 is 4.74 Å². The third kappa shape index (κ3) is 3.40. The van der Waals surface area contributed by atoms with E-state index in [1.165, 1.54) is 0 Å². The summed E-state index contributed by atoms with van der Waals surface area (Å²) in [5, 5.41) is 21.4. The van der Waals surface area contributed by atoms with Gasteiger partial charge in [-0.05, 0) is 30.7 Å².